The molecule has 2 aromatic heterocycles. The predicted molar refractivity (Wildman–Crippen MR) is 84.4 cm³/mol. The Labute approximate surface area is 130 Å². The Morgan fingerprint density at radius 1 is 1.30 bits per heavy atom. The van der Waals surface area contributed by atoms with Crippen LogP contribution in [-0.2, 0) is 0 Å². The topological polar surface area (TPSA) is 59.8 Å². The van der Waals surface area contributed by atoms with Crippen LogP contribution < -0.4 is 11.0 Å². The molecule has 0 unspecified atom stereocenters. The monoisotopic (exact) mass is 316 g/mol. The molecule has 0 saturated carbocycles. The number of rotatable bonds is 4. The van der Waals surface area contributed by atoms with Crippen LogP contribution in [0.3, 0.4) is 0 Å². The Morgan fingerprint density at radius 2 is 2.13 bits per heavy atom. The third-order valence-electron chi connectivity index (χ3n) is 3.38. The van der Waals surface area contributed by atoms with Gasteiger partial charge in [-0.15, -0.1) is 0 Å². The van der Waals surface area contributed by atoms with Gasteiger partial charge in [0.05, 0.1) is 23.9 Å². The fraction of sp³-hybridized carbons (Fsp3) is 0.188. The largest absolute Gasteiger partial charge is 0.364 e. The quantitative estimate of drug-likeness (QED) is 0.804. The molecule has 1 N–H and O–H groups in total. The van der Waals surface area contributed by atoms with Crippen molar-refractivity contribution in [3.05, 3.63) is 58.8 Å². The lowest BCUT2D eigenvalue weighted by molar-refractivity contribution is 0.163. The molecule has 0 atom stereocenters. The molecule has 23 heavy (non-hydrogen) atoms. The standard InChI is InChI=1S/C16H14F2N4O/c1-10-4-5-12-13(7-10)22(11-3-2-6-19-8-11)16(23)21-15(12)20-9-14(17)18/h2-8,14H,9H2,1H3,(H,20,21,23). The Morgan fingerprint density at radius 3 is 2.83 bits per heavy atom. The molecule has 3 rings (SSSR count). The van der Waals surface area contributed by atoms with E-state index in [4.69, 9.17) is 0 Å². The van der Waals surface area contributed by atoms with Crippen molar-refractivity contribution in [2.75, 3.05) is 11.9 Å². The normalized spacial score (nSPS) is 11.1. The molecule has 0 fully saturated rings. The first-order valence-corrected chi connectivity index (χ1v) is 7.02. The van der Waals surface area contributed by atoms with E-state index in [-0.39, 0.29) is 5.82 Å². The van der Waals surface area contributed by atoms with Gasteiger partial charge in [0, 0.05) is 11.6 Å². The number of halogens is 2. The van der Waals surface area contributed by atoms with Crippen LogP contribution in [0.1, 0.15) is 5.56 Å². The van der Waals surface area contributed by atoms with E-state index < -0.39 is 18.7 Å². The zero-order valence-electron chi connectivity index (χ0n) is 12.3. The van der Waals surface area contributed by atoms with Gasteiger partial charge in [-0.25, -0.2) is 13.6 Å². The summed E-state index contributed by atoms with van der Waals surface area (Å²) in [7, 11) is 0. The number of hydrogen-bond acceptors (Lipinski definition) is 4. The maximum atomic E-state index is 12.4. The smallest absolute Gasteiger partial charge is 0.354 e. The van der Waals surface area contributed by atoms with Crippen LogP contribution in [0, 0.1) is 6.92 Å². The number of hydrogen-bond donors (Lipinski definition) is 1. The zero-order valence-corrected chi connectivity index (χ0v) is 12.3. The van der Waals surface area contributed by atoms with Gasteiger partial charge in [-0.1, -0.05) is 6.07 Å². The second-order valence-corrected chi connectivity index (χ2v) is 5.08. The highest BCUT2D eigenvalue weighted by Crippen LogP contribution is 2.23. The number of aryl methyl sites for hydroxylation is 1. The van der Waals surface area contributed by atoms with E-state index in [9.17, 15) is 13.6 Å². The zero-order chi connectivity index (χ0) is 16.4. The summed E-state index contributed by atoms with van der Waals surface area (Å²) in [5.74, 6) is 0.158. The Bertz CT molecular complexity index is 894. The van der Waals surface area contributed by atoms with Gasteiger partial charge in [0.15, 0.2) is 0 Å². The van der Waals surface area contributed by atoms with E-state index in [1.54, 1.807) is 30.6 Å². The summed E-state index contributed by atoms with van der Waals surface area (Å²) < 4.78 is 26.3. The fourth-order valence-electron chi connectivity index (χ4n) is 2.38. The van der Waals surface area contributed by atoms with Crippen LogP contribution in [-0.4, -0.2) is 27.5 Å². The molecule has 3 aromatic rings. The SMILES string of the molecule is Cc1ccc2c(NCC(F)F)nc(=O)n(-c3cccnc3)c2c1. The first-order valence-electron chi connectivity index (χ1n) is 7.02. The van der Waals surface area contributed by atoms with Gasteiger partial charge in [0.25, 0.3) is 6.43 Å². The fourth-order valence-corrected chi connectivity index (χ4v) is 2.38. The summed E-state index contributed by atoms with van der Waals surface area (Å²) in [6.45, 7) is 1.33. The minimum absolute atomic E-state index is 0.158. The third kappa shape index (κ3) is 3.03. The summed E-state index contributed by atoms with van der Waals surface area (Å²) in [6, 6.07) is 8.88. The van der Waals surface area contributed by atoms with Crippen molar-refractivity contribution >= 4 is 16.7 Å². The molecule has 1 aromatic carbocycles. The molecule has 118 valence electrons. The average molecular weight is 316 g/mol. The van der Waals surface area contributed by atoms with E-state index in [1.807, 2.05) is 19.1 Å². The maximum Gasteiger partial charge on any atom is 0.354 e. The van der Waals surface area contributed by atoms with Crippen molar-refractivity contribution in [1.29, 1.82) is 0 Å². The Balaban J connectivity index is 2.26. The van der Waals surface area contributed by atoms with Crippen molar-refractivity contribution in [2.24, 2.45) is 0 Å². The molecule has 0 aliphatic carbocycles. The van der Waals surface area contributed by atoms with Gasteiger partial charge in [-0.05, 0) is 36.8 Å². The molecule has 2 heterocycles. The molecule has 0 amide bonds. The summed E-state index contributed by atoms with van der Waals surface area (Å²) in [5, 5.41) is 3.13. The number of anilines is 1. The highest BCUT2D eigenvalue weighted by atomic mass is 19.3. The van der Waals surface area contributed by atoms with E-state index in [1.165, 1.54) is 4.57 Å². The Kier molecular flexibility index (Phi) is 4.01. The van der Waals surface area contributed by atoms with Crippen molar-refractivity contribution in [3.63, 3.8) is 0 Å². The molecule has 0 bridgehead atoms. The van der Waals surface area contributed by atoms with E-state index in [0.717, 1.165) is 5.56 Å². The number of aromatic nitrogens is 3. The predicted octanol–water partition coefficient (Wildman–Crippen LogP) is 2.77. The first kappa shape index (κ1) is 15.1. The van der Waals surface area contributed by atoms with Crippen molar-refractivity contribution < 1.29 is 8.78 Å². The van der Waals surface area contributed by atoms with Crippen molar-refractivity contribution in [2.45, 2.75) is 13.3 Å². The van der Waals surface area contributed by atoms with E-state index in [2.05, 4.69) is 15.3 Å². The van der Waals surface area contributed by atoms with Gasteiger partial charge in [0.2, 0.25) is 0 Å². The lowest BCUT2D eigenvalue weighted by Crippen LogP contribution is -2.24. The van der Waals surface area contributed by atoms with Gasteiger partial charge >= 0.3 is 5.69 Å². The molecule has 0 aliphatic heterocycles. The summed E-state index contributed by atoms with van der Waals surface area (Å²) in [6.07, 6.45) is 0.628. The van der Waals surface area contributed by atoms with Crippen LogP contribution >= 0.6 is 0 Å². The summed E-state index contributed by atoms with van der Waals surface area (Å²) in [5.41, 5.74) is 1.56. The number of benzene rings is 1. The van der Waals surface area contributed by atoms with E-state index in [0.29, 0.717) is 16.6 Å². The number of nitrogens with zero attached hydrogens (tertiary/aromatic N) is 3. The van der Waals surface area contributed by atoms with Crippen LogP contribution in [0.4, 0.5) is 14.6 Å². The molecular weight excluding hydrogens is 302 g/mol. The molecule has 5 nitrogen and oxygen atoms in total. The second kappa shape index (κ2) is 6.12. The average Bonchev–Trinajstić information content (AvgIpc) is 2.53. The van der Waals surface area contributed by atoms with Gasteiger partial charge in [-0.3, -0.25) is 9.55 Å². The summed E-state index contributed by atoms with van der Waals surface area (Å²) in [4.78, 5) is 20.3. The minimum Gasteiger partial charge on any atom is -0.364 e. The number of alkyl halides is 2. The number of pyridine rings is 1. The van der Waals surface area contributed by atoms with Gasteiger partial charge in [0.1, 0.15) is 5.82 Å². The molecule has 0 radical (unpaired) electrons. The summed E-state index contributed by atoms with van der Waals surface area (Å²) >= 11 is 0. The highest BCUT2D eigenvalue weighted by Gasteiger charge is 2.13. The Hall–Kier alpha value is -2.83. The van der Waals surface area contributed by atoms with Crippen LogP contribution in [0.15, 0.2) is 47.5 Å². The molecule has 0 spiro atoms. The van der Waals surface area contributed by atoms with Gasteiger partial charge in [-0.2, -0.15) is 4.98 Å². The lowest BCUT2D eigenvalue weighted by Gasteiger charge is -2.14. The maximum absolute atomic E-state index is 12.4. The van der Waals surface area contributed by atoms with Crippen LogP contribution in [0.2, 0.25) is 0 Å². The third-order valence-corrected chi connectivity index (χ3v) is 3.38. The molecule has 0 saturated heterocycles. The first-order chi connectivity index (χ1) is 11.1. The highest BCUT2D eigenvalue weighted by molar-refractivity contribution is 5.90. The van der Waals surface area contributed by atoms with E-state index >= 15 is 0 Å². The number of nitrogens with one attached hydrogen (secondary N) is 1. The van der Waals surface area contributed by atoms with Crippen LogP contribution in [0.5, 0.6) is 0 Å². The molecular formula is C16H14F2N4O. The lowest BCUT2D eigenvalue weighted by atomic mass is 10.1. The van der Waals surface area contributed by atoms with Crippen molar-refractivity contribution in [1.82, 2.24) is 14.5 Å². The van der Waals surface area contributed by atoms with Crippen LogP contribution in [0.25, 0.3) is 16.6 Å². The number of fused-ring (bicyclic) bond motifs is 1. The van der Waals surface area contributed by atoms with Gasteiger partial charge < -0.3 is 5.32 Å². The second-order valence-electron chi connectivity index (χ2n) is 5.08. The minimum atomic E-state index is -2.53. The molecule has 0 aliphatic rings. The molecule has 7 heteroatoms. The van der Waals surface area contributed by atoms with Crippen molar-refractivity contribution in [3.8, 4) is 5.69 Å².